The second kappa shape index (κ2) is 3.73. The third-order valence-electron chi connectivity index (χ3n) is 2.44. The summed E-state index contributed by atoms with van der Waals surface area (Å²) in [5.74, 6) is 0. The molecule has 0 amide bonds. The van der Waals surface area contributed by atoms with Crippen LogP contribution in [0, 0.1) is 13.8 Å². The van der Waals surface area contributed by atoms with E-state index < -0.39 is 0 Å². The molecule has 1 N–H and O–H groups in total. The minimum absolute atomic E-state index is 0.127. The summed E-state index contributed by atoms with van der Waals surface area (Å²) in [6, 6.07) is 0. The van der Waals surface area contributed by atoms with Gasteiger partial charge >= 0.3 is 0 Å². The maximum Gasteiger partial charge on any atom is 0.0644 e. The summed E-state index contributed by atoms with van der Waals surface area (Å²) in [5.41, 5.74) is 3.67. The van der Waals surface area contributed by atoms with Crippen molar-refractivity contribution in [3.05, 3.63) is 17.0 Å². The van der Waals surface area contributed by atoms with E-state index in [-0.39, 0.29) is 12.0 Å². The number of aryl methyl sites for hydroxylation is 1. The van der Waals surface area contributed by atoms with Crippen molar-refractivity contribution in [1.29, 1.82) is 0 Å². The second-order valence-electron chi connectivity index (χ2n) is 4.74. The Bertz CT molecular complexity index is 321. The maximum absolute atomic E-state index is 8.89. The van der Waals surface area contributed by atoms with Gasteiger partial charge in [0.2, 0.25) is 0 Å². The van der Waals surface area contributed by atoms with Crippen LogP contribution in [0.1, 0.15) is 37.7 Å². The van der Waals surface area contributed by atoms with Crippen molar-refractivity contribution in [3.63, 3.8) is 0 Å². The highest BCUT2D eigenvalue weighted by molar-refractivity contribution is 5.31. The van der Waals surface area contributed by atoms with Crippen LogP contribution in [0.4, 0.5) is 0 Å². The first-order chi connectivity index (χ1) is 6.38. The van der Waals surface area contributed by atoms with E-state index in [1.807, 2.05) is 11.6 Å². The number of nitrogens with zero attached hydrogens (tertiary/aromatic N) is 2. The Kier molecular flexibility index (Phi) is 3.00. The predicted octanol–water partition coefficient (Wildman–Crippen LogP) is 1.79. The van der Waals surface area contributed by atoms with Crippen LogP contribution in [-0.4, -0.2) is 21.5 Å². The third kappa shape index (κ3) is 1.98. The fourth-order valence-corrected chi connectivity index (χ4v) is 2.09. The molecule has 1 rings (SSSR count). The van der Waals surface area contributed by atoms with E-state index in [1.54, 1.807) is 0 Å². The molecule has 0 saturated carbocycles. The van der Waals surface area contributed by atoms with Crippen LogP contribution in [0.15, 0.2) is 0 Å². The second-order valence-corrected chi connectivity index (χ2v) is 4.74. The van der Waals surface area contributed by atoms with Gasteiger partial charge < -0.3 is 5.11 Å². The largest absolute Gasteiger partial charge is 0.394 e. The minimum Gasteiger partial charge on any atom is -0.394 e. The zero-order chi connectivity index (χ0) is 10.9. The molecule has 0 radical (unpaired) electrons. The molecule has 0 saturated heterocycles. The van der Waals surface area contributed by atoms with E-state index in [4.69, 9.17) is 5.11 Å². The van der Waals surface area contributed by atoms with Crippen molar-refractivity contribution in [2.24, 2.45) is 0 Å². The zero-order valence-corrected chi connectivity index (χ0v) is 9.76. The molecule has 3 nitrogen and oxygen atoms in total. The number of aliphatic hydroxyl groups is 1. The summed E-state index contributed by atoms with van der Waals surface area (Å²) in [4.78, 5) is 0. The minimum atomic E-state index is 0.127. The predicted molar refractivity (Wildman–Crippen MR) is 57.5 cm³/mol. The van der Waals surface area contributed by atoms with Crippen LogP contribution in [-0.2, 0) is 12.0 Å². The molecule has 0 aromatic carbocycles. The van der Waals surface area contributed by atoms with E-state index in [2.05, 4.69) is 32.8 Å². The van der Waals surface area contributed by atoms with Crippen LogP contribution in [0.2, 0.25) is 0 Å². The summed E-state index contributed by atoms with van der Waals surface area (Å²) >= 11 is 0. The van der Waals surface area contributed by atoms with Crippen LogP contribution in [0.3, 0.4) is 0 Å². The van der Waals surface area contributed by atoms with E-state index in [1.165, 1.54) is 11.3 Å². The molecule has 0 spiro atoms. The van der Waals surface area contributed by atoms with Gasteiger partial charge in [0, 0.05) is 11.3 Å². The van der Waals surface area contributed by atoms with Crippen LogP contribution in [0.5, 0.6) is 0 Å². The Hall–Kier alpha value is -0.830. The molecular weight excluding hydrogens is 176 g/mol. The lowest BCUT2D eigenvalue weighted by atomic mass is 9.85. The lowest BCUT2D eigenvalue weighted by Gasteiger charge is -2.19. The SMILES string of the molecule is Cc1nn(CCO)c(C)c1C(C)(C)C. The Morgan fingerprint density at radius 2 is 1.86 bits per heavy atom. The Labute approximate surface area is 85.8 Å². The van der Waals surface area contributed by atoms with Crippen molar-refractivity contribution >= 4 is 0 Å². The molecule has 0 aliphatic carbocycles. The molecule has 0 atom stereocenters. The highest BCUT2D eigenvalue weighted by Crippen LogP contribution is 2.28. The van der Waals surface area contributed by atoms with E-state index in [0.717, 1.165) is 5.69 Å². The van der Waals surface area contributed by atoms with Gasteiger partial charge in [-0.1, -0.05) is 20.8 Å². The molecule has 0 bridgehead atoms. The number of hydrogen-bond acceptors (Lipinski definition) is 2. The molecule has 1 aromatic rings. The van der Waals surface area contributed by atoms with Gasteiger partial charge in [-0.2, -0.15) is 5.10 Å². The van der Waals surface area contributed by atoms with Crippen molar-refractivity contribution in [3.8, 4) is 0 Å². The number of aliphatic hydroxyl groups excluding tert-OH is 1. The normalized spacial score (nSPS) is 12.1. The summed E-state index contributed by atoms with van der Waals surface area (Å²) in [7, 11) is 0. The summed E-state index contributed by atoms with van der Waals surface area (Å²) in [5, 5.41) is 13.3. The van der Waals surface area contributed by atoms with Gasteiger partial charge in [-0.25, -0.2) is 0 Å². The lowest BCUT2D eigenvalue weighted by molar-refractivity contribution is 0.267. The van der Waals surface area contributed by atoms with Crippen molar-refractivity contribution in [2.75, 3.05) is 6.61 Å². The maximum atomic E-state index is 8.89. The lowest BCUT2D eigenvalue weighted by Crippen LogP contribution is -2.14. The molecule has 3 heteroatoms. The molecule has 0 fully saturated rings. The van der Waals surface area contributed by atoms with Crippen LogP contribution in [0.25, 0.3) is 0 Å². The standard InChI is InChI=1S/C11H20N2O/c1-8-10(11(3,4)5)9(2)13(12-8)6-7-14/h14H,6-7H2,1-5H3. The number of rotatable bonds is 2. The van der Waals surface area contributed by atoms with Gasteiger partial charge in [0.25, 0.3) is 0 Å². The topological polar surface area (TPSA) is 38.0 Å². The van der Waals surface area contributed by atoms with Gasteiger partial charge in [-0.05, 0) is 19.3 Å². The van der Waals surface area contributed by atoms with Crippen LogP contribution >= 0.6 is 0 Å². The van der Waals surface area contributed by atoms with Crippen molar-refractivity contribution in [2.45, 2.75) is 46.6 Å². The monoisotopic (exact) mass is 196 g/mol. The Morgan fingerprint density at radius 1 is 1.29 bits per heavy atom. The molecular formula is C11H20N2O. The van der Waals surface area contributed by atoms with Crippen LogP contribution < -0.4 is 0 Å². The molecule has 0 aliphatic rings. The summed E-state index contributed by atoms with van der Waals surface area (Å²) in [6.45, 7) is 11.4. The first kappa shape index (κ1) is 11.2. The zero-order valence-electron chi connectivity index (χ0n) is 9.76. The first-order valence-corrected chi connectivity index (χ1v) is 5.03. The van der Waals surface area contributed by atoms with E-state index in [9.17, 15) is 0 Å². The van der Waals surface area contributed by atoms with Gasteiger partial charge in [0.05, 0.1) is 18.8 Å². The molecule has 0 aliphatic heterocycles. The summed E-state index contributed by atoms with van der Waals surface area (Å²) in [6.07, 6.45) is 0. The van der Waals surface area contributed by atoms with Gasteiger partial charge in [-0.3, -0.25) is 4.68 Å². The molecule has 1 heterocycles. The highest BCUT2D eigenvalue weighted by Gasteiger charge is 2.22. The fourth-order valence-electron chi connectivity index (χ4n) is 2.09. The molecule has 14 heavy (non-hydrogen) atoms. The Morgan fingerprint density at radius 3 is 2.21 bits per heavy atom. The van der Waals surface area contributed by atoms with Crippen molar-refractivity contribution in [1.82, 2.24) is 9.78 Å². The average Bonchev–Trinajstić information content (AvgIpc) is 2.26. The number of aromatic nitrogens is 2. The average molecular weight is 196 g/mol. The number of hydrogen-bond donors (Lipinski definition) is 1. The Balaban J connectivity index is 3.18. The third-order valence-corrected chi connectivity index (χ3v) is 2.44. The molecule has 1 aromatic heterocycles. The van der Waals surface area contributed by atoms with Crippen molar-refractivity contribution < 1.29 is 5.11 Å². The summed E-state index contributed by atoms with van der Waals surface area (Å²) < 4.78 is 1.88. The smallest absolute Gasteiger partial charge is 0.0644 e. The van der Waals surface area contributed by atoms with Gasteiger partial charge in [0.1, 0.15) is 0 Å². The highest BCUT2D eigenvalue weighted by atomic mass is 16.3. The molecule has 0 unspecified atom stereocenters. The quantitative estimate of drug-likeness (QED) is 0.783. The van der Waals surface area contributed by atoms with E-state index >= 15 is 0 Å². The fraction of sp³-hybridized carbons (Fsp3) is 0.727. The molecule has 80 valence electrons. The van der Waals surface area contributed by atoms with Gasteiger partial charge in [0.15, 0.2) is 0 Å². The first-order valence-electron chi connectivity index (χ1n) is 5.03. The van der Waals surface area contributed by atoms with E-state index in [0.29, 0.717) is 6.54 Å². The van der Waals surface area contributed by atoms with Gasteiger partial charge in [-0.15, -0.1) is 0 Å².